The molecule has 0 saturated carbocycles. The Labute approximate surface area is 150 Å². The number of fused-ring (bicyclic) bond motifs is 3. The van der Waals surface area contributed by atoms with Gasteiger partial charge in [-0.1, -0.05) is 0 Å². The maximum absolute atomic E-state index is 12.9. The number of benzene rings is 2. The molecule has 0 aliphatic heterocycles. The van der Waals surface area contributed by atoms with Crippen LogP contribution in [0.25, 0.3) is 27.9 Å². The summed E-state index contributed by atoms with van der Waals surface area (Å²) < 4.78 is 45.2. The molecule has 0 saturated heterocycles. The molecular formula is C17H10ClF3N4O. The molecule has 0 unspecified atom stereocenters. The molecule has 4 aromatic rings. The predicted molar refractivity (Wildman–Crippen MR) is 90.3 cm³/mol. The Kier molecular flexibility index (Phi) is 3.73. The second-order valence-corrected chi connectivity index (χ2v) is 5.85. The molecule has 0 radical (unpaired) electrons. The van der Waals surface area contributed by atoms with Crippen molar-refractivity contribution in [2.45, 2.75) is 6.18 Å². The Morgan fingerprint density at radius 1 is 1.04 bits per heavy atom. The monoisotopic (exact) mass is 378 g/mol. The van der Waals surface area contributed by atoms with Crippen molar-refractivity contribution in [3.63, 3.8) is 0 Å². The van der Waals surface area contributed by atoms with E-state index in [2.05, 4.69) is 15.1 Å². The first-order valence-electron chi connectivity index (χ1n) is 7.44. The van der Waals surface area contributed by atoms with Gasteiger partial charge in [-0.3, -0.25) is 0 Å². The minimum Gasteiger partial charge on any atom is -0.497 e. The molecule has 132 valence electrons. The largest absolute Gasteiger partial charge is 0.497 e. The minimum atomic E-state index is -4.46. The lowest BCUT2D eigenvalue weighted by atomic mass is 10.1. The number of aromatic nitrogens is 4. The average Bonchev–Trinajstić information content (AvgIpc) is 3.07. The van der Waals surface area contributed by atoms with E-state index in [1.807, 2.05) is 0 Å². The fourth-order valence-corrected chi connectivity index (χ4v) is 2.82. The quantitative estimate of drug-likeness (QED) is 0.477. The van der Waals surface area contributed by atoms with Gasteiger partial charge < -0.3 is 4.74 Å². The van der Waals surface area contributed by atoms with Crippen molar-refractivity contribution in [1.82, 2.24) is 19.6 Å². The molecule has 2 heterocycles. The van der Waals surface area contributed by atoms with Crippen molar-refractivity contribution < 1.29 is 17.9 Å². The number of methoxy groups -OCH3 is 1. The number of hydrogen-bond acceptors (Lipinski definition) is 4. The van der Waals surface area contributed by atoms with E-state index in [9.17, 15) is 13.2 Å². The van der Waals surface area contributed by atoms with E-state index in [-0.39, 0.29) is 10.8 Å². The zero-order chi connectivity index (χ0) is 18.5. The maximum Gasteiger partial charge on any atom is 0.416 e. The van der Waals surface area contributed by atoms with Crippen LogP contribution in [-0.2, 0) is 6.18 Å². The first-order chi connectivity index (χ1) is 12.4. The van der Waals surface area contributed by atoms with Crippen LogP contribution in [0.5, 0.6) is 5.75 Å². The van der Waals surface area contributed by atoms with Crippen LogP contribution in [-0.4, -0.2) is 26.7 Å². The minimum absolute atomic E-state index is 0.0703. The van der Waals surface area contributed by atoms with Crippen LogP contribution >= 0.6 is 11.6 Å². The van der Waals surface area contributed by atoms with Gasteiger partial charge in [0.2, 0.25) is 5.28 Å². The summed E-state index contributed by atoms with van der Waals surface area (Å²) >= 11 is 6.10. The third kappa shape index (κ3) is 2.72. The second-order valence-electron chi connectivity index (χ2n) is 5.51. The van der Waals surface area contributed by atoms with Gasteiger partial charge in [0.25, 0.3) is 0 Å². The van der Waals surface area contributed by atoms with Crippen LogP contribution in [0.2, 0.25) is 5.28 Å². The molecule has 9 heteroatoms. The number of ether oxygens (including phenoxy) is 1. The lowest BCUT2D eigenvalue weighted by molar-refractivity contribution is -0.137. The summed E-state index contributed by atoms with van der Waals surface area (Å²) in [6, 6.07) is 10.3. The fraction of sp³-hybridized carbons (Fsp3) is 0.118. The molecule has 0 atom stereocenters. The van der Waals surface area contributed by atoms with Gasteiger partial charge in [-0.05, 0) is 54.1 Å². The van der Waals surface area contributed by atoms with E-state index in [4.69, 9.17) is 16.3 Å². The number of alkyl halides is 3. The van der Waals surface area contributed by atoms with E-state index in [0.717, 1.165) is 12.1 Å². The second kappa shape index (κ2) is 5.84. The van der Waals surface area contributed by atoms with Crippen molar-refractivity contribution >= 4 is 28.2 Å². The number of halogens is 4. The number of nitrogens with zero attached hydrogens (tertiary/aromatic N) is 4. The van der Waals surface area contributed by atoms with Crippen molar-refractivity contribution in [2.75, 3.05) is 7.11 Å². The van der Waals surface area contributed by atoms with Gasteiger partial charge in [0.1, 0.15) is 5.75 Å². The van der Waals surface area contributed by atoms with Gasteiger partial charge in [-0.25, -0.2) is 9.97 Å². The highest BCUT2D eigenvalue weighted by molar-refractivity contribution is 6.29. The summed E-state index contributed by atoms with van der Waals surface area (Å²) in [5.74, 6) is 1.06. The van der Waals surface area contributed by atoms with Crippen molar-refractivity contribution in [3.8, 4) is 17.1 Å². The van der Waals surface area contributed by atoms with E-state index in [0.29, 0.717) is 28.2 Å². The molecule has 0 bridgehead atoms. The van der Waals surface area contributed by atoms with Crippen LogP contribution < -0.4 is 4.74 Å². The summed E-state index contributed by atoms with van der Waals surface area (Å²) in [6.07, 6.45) is -4.46. The smallest absolute Gasteiger partial charge is 0.416 e. The van der Waals surface area contributed by atoms with E-state index >= 15 is 0 Å². The standard InChI is InChI=1S/C17H10ClF3N4O/c1-26-11-5-2-9(3-6-11)14-23-15-12-7-4-10(17(19,20)21)8-13(12)22-16(18)25(15)24-14/h2-8H,1H3. The molecule has 5 nitrogen and oxygen atoms in total. The summed E-state index contributed by atoms with van der Waals surface area (Å²) in [7, 11) is 1.56. The molecule has 2 aromatic heterocycles. The van der Waals surface area contributed by atoms with Crippen molar-refractivity contribution in [3.05, 3.63) is 53.3 Å². The predicted octanol–water partition coefficient (Wildman–Crippen LogP) is 4.63. The normalized spacial score (nSPS) is 12.0. The van der Waals surface area contributed by atoms with Gasteiger partial charge in [0.05, 0.1) is 18.2 Å². The van der Waals surface area contributed by atoms with E-state index in [1.54, 1.807) is 31.4 Å². The Hall–Kier alpha value is -2.87. The number of rotatable bonds is 2. The highest BCUT2D eigenvalue weighted by Crippen LogP contribution is 2.32. The molecular weight excluding hydrogens is 369 g/mol. The Balaban J connectivity index is 1.91. The first-order valence-corrected chi connectivity index (χ1v) is 7.82. The van der Waals surface area contributed by atoms with Crippen molar-refractivity contribution in [1.29, 1.82) is 0 Å². The third-order valence-corrected chi connectivity index (χ3v) is 4.15. The van der Waals surface area contributed by atoms with Crippen LogP contribution in [0.4, 0.5) is 13.2 Å². The fourth-order valence-electron chi connectivity index (χ4n) is 2.61. The zero-order valence-electron chi connectivity index (χ0n) is 13.3. The molecule has 0 N–H and O–H groups in total. The third-order valence-electron chi connectivity index (χ3n) is 3.91. The molecule has 0 aliphatic carbocycles. The molecule has 2 aromatic carbocycles. The molecule has 4 rings (SSSR count). The molecule has 0 aliphatic rings. The highest BCUT2D eigenvalue weighted by atomic mass is 35.5. The topological polar surface area (TPSA) is 52.3 Å². The van der Waals surface area contributed by atoms with Crippen LogP contribution in [0.1, 0.15) is 5.56 Å². The molecule has 26 heavy (non-hydrogen) atoms. The SMILES string of the molecule is COc1ccc(-c2nc3c4ccc(C(F)(F)F)cc4nc(Cl)n3n2)cc1. The summed E-state index contributed by atoms with van der Waals surface area (Å²) in [4.78, 5) is 8.44. The van der Waals surface area contributed by atoms with Gasteiger partial charge in [-0.2, -0.15) is 17.7 Å². The molecule has 0 fully saturated rings. The summed E-state index contributed by atoms with van der Waals surface area (Å²) in [5, 5.41) is 4.66. The van der Waals surface area contributed by atoms with Crippen molar-refractivity contribution in [2.24, 2.45) is 0 Å². The Bertz CT molecular complexity index is 1120. The first kappa shape index (κ1) is 16.6. The highest BCUT2D eigenvalue weighted by Gasteiger charge is 2.31. The molecule has 0 amide bonds. The average molecular weight is 379 g/mol. The zero-order valence-corrected chi connectivity index (χ0v) is 14.0. The van der Waals surface area contributed by atoms with Crippen LogP contribution in [0.15, 0.2) is 42.5 Å². The van der Waals surface area contributed by atoms with Gasteiger partial charge in [-0.15, -0.1) is 5.10 Å². The van der Waals surface area contributed by atoms with Crippen LogP contribution in [0, 0.1) is 0 Å². The van der Waals surface area contributed by atoms with Crippen LogP contribution in [0.3, 0.4) is 0 Å². The lowest BCUT2D eigenvalue weighted by Gasteiger charge is -2.07. The van der Waals surface area contributed by atoms with Gasteiger partial charge in [0.15, 0.2) is 11.5 Å². The van der Waals surface area contributed by atoms with Gasteiger partial charge >= 0.3 is 6.18 Å². The Morgan fingerprint density at radius 2 is 1.77 bits per heavy atom. The number of hydrogen-bond donors (Lipinski definition) is 0. The van der Waals surface area contributed by atoms with Gasteiger partial charge in [0, 0.05) is 10.9 Å². The maximum atomic E-state index is 12.9. The Morgan fingerprint density at radius 3 is 2.42 bits per heavy atom. The molecule has 0 spiro atoms. The lowest BCUT2D eigenvalue weighted by Crippen LogP contribution is -2.05. The summed E-state index contributed by atoms with van der Waals surface area (Å²) in [6.45, 7) is 0. The summed E-state index contributed by atoms with van der Waals surface area (Å²) in [5.41, 5.74) is 0.351. The van der Waals surface area contributed by atoms with E-state index in [1.165, 1.54) is 10.6 Å². The van der Waals surface area contributed by atoms with E-state index < -0.39 is 11.7 Å².